The van der Waals surface area contributed by atoms with E-state index in [-0.39, 0.29) is 0 Å². The SMILES string of the molecule is CCC1CCCC(Nc2ccnc(NN)n2)C1. The molecular weight excluding hydrogens is 214 g/mol. The lowest BCUT2D eigenvalue weighted by Crippen LogP contribution is -2.27. The van der Waals surface area contributed by atoms with Crippen LogP contribution in [0, 0.1) is 5.92 Å². The van der Waals surface area contributed by atoms with Crippen LogP contribution in [0.25, 0.3) is 0 Å². The van der Waals surface area contributed by atoms with Gasteiger partial charge in [0.2, 0.25) is 5.95 Å². The number of anilines is 2. The lowest BCUT2D eigenvalue weighted by atomic mass is 9.84. The Morgan fingerprint density at radius 3 is 3.12 bits per heavy atom. The lowest BCUT2D eigenvalue weighted by Gasteiger charge is -2.29. The maximum Gasteiger partial charge on any atom is 0.239 e. The van der Waals surface area contributed by atoms with Gasteiger partial charge in [-0.1, -0.05) is 26.2 Å². The second-order valence-electron chi connectivity index (χ2n) is 4.69. The van der Waals surface area contributed by atoms with Gasteiger partial charge in [0.1, 0.15) is 5.82 Å². The van der Waals surface area contributed by atoms with Crippen LogP contribution < -0.4 is 16.6 Å². The fraction of sp³-hybridized carbons (Fsp3) is 0.667. The summed E-state index contributed by atoms with van der Waals surface area (Å²) >= 11 is 0. The zero-order valence-corrected chi connectivity index (χ0v) is 10.3. The van der Waals surface area contributed by atoms with Crippen molar-refractivity contribution in [3.8, 4) is 0 Å². The van der Waals surface area contributed by atoms with Crippen molar-refractivity contribution in [3.63, 3.8) is 0 Å². The molecule has 0 spiro atoms. The van der Waals surface area contributed by atoms with Crippen LogP contribution in [0.1, 0.15) is 39.0 Å². The van der Waals surface area contributed by atoms with Crippen LogP contribution in [0.5, 0.6) is 0 Å². The van der Waals surface area contributed by atoms with Gasteiger partial charge in [0, 0.05) is 12.2 Å². The summed E-state index contributed by atoms with van der Waals surface area (Å²) in [5.41, 5.74) is 2.46. The summed E-state index contributed by atoms with van der Waals surface area (Å²) < 4.78 is 0. The quantitative estimate of drug-likeness (QED) is 0.550. The van der Waals surface area contributed by atoms with Crippen LogP contribution in [0.2, 0.25) is 0 Å². The van der Waals surface area contributed by atoms with Crippen molar-refractivity contribution < 1.29 is 0 Å². The van der Waals surface area contributed by atoms with Gasteiger partial charge in [0.05, 0.1) is 0 Å². The van der Waals surface area contributed by atoms with Crippen molar-refractivity contribution >= 4 is 11.8 Å². The van der Waals surface area contributed by atoms with Gasteiger partial charge in [0.25, 0.3) is 0 Å². The molecule has 5 heteroatoms. The minimum absolute atomic E-state index is 0.456. The van der Waals surface area contributed by atoms with E-state index in [1.165, 1.54) is 32.1 Å². The van der Waals surface area contributed by atoms with Gasteiger partial charge in [-0.3, -0.25) is 5.43 Å². The predicted molar refractivity (Wildman–Crippen MR) is 69.5 cm³/mol. The van der Waals surface area contributed by atoms with Crippen LogP contribution in [0.15, 0.2) is 12.3 Å². The number of nitrogens with two attached hydrogens (primary N) is 1. The molecule has 1 aromatic heterocycles. The smallest absolute Gasteiger partial charge is 0.239 e. The van der Waals surface area contributed by atoms with Gasteiger partial charge >= 0.3 is 0 Å². The number of nitrogens with zero attached hydrogens (tertiary/aromatic N) is 2. The summed E-state index contributed by atoms with van der Waals surface area (Å²) in [7, 11) is 0. The van der Waals surface area contributed by atoms with Gasteiger partial charge in [-0.05, 0) is 24.8 Å². The van der Waals surface area contributed by atoms with E-state index >= 15 is 0 Å². The van der Waals surface area contributed by atoms with E-state index in [1.54, 1.807) is 6.20 Å². The number of aromatic nitrogens is 2. The van der Waals surface area contributed by atoms with Crippen LogP contribution >= 0.6 is 0 Å². The van der Waals surface area contributed by atoms with E-state index < -0.39 is 0 Å². The number of hydrogen-bond acceptors (Lipinski definition) is 5. The Morgan fingerprint density at radius 1 is 1.47 bits per heavy atom. The van der Waals surface area contributed by atoms with Gasteiger partial charge in [-0.25, -0.2) is 10.8 Å². The topological polar surface area (TPSA) is 75.9 Å². The number of hydrogen-bond donors (Lipinski definition) is 3. The maximum absolute atomic E-state index is 5.29. The van der Waals surface area contributed by atoms with E-state index in [9.17, 15) is 0 Å². The third-order valence-corrected chi connectivity index (χ3v) is 3.50. The van der Waals surface area contributed by atoms with Gasteiger partial charge in [-0.15, -0.1) is 0 Å². The Kier molecular flexibility index (Phi) is 4.14. The highest BCUT2D eigenvalue weighted by molar-refractivity contribution is 5.39. The summed E-state index contributed by atoms with van der Waals surface area (Å²) in [5.74, 6) is 7.46. The first-order valence-corrected chi connectivity index (χ1v) is 6.38. The van der Waals surface area contributed by atoms with Gasteiger partial charge in [-0.2, -0.15) is 4.98 Å². The largest absolute Gasteiger partial charge is 0.367 e. The Balaban J connectivity index is 1.95. The molecule has 1 heterocycles. The van der Waals surface area contributed by atoms with Crippen molar-refractivity contribution in [2.24, 2.45) is 11.8 Å². The highest BCUT2D eigenvalue weighted by Crippen LogP contribution is 2.28. The summed E-state index contributed by atoms with van der Waals surface area (Å²) in [6.45, 7) is 2.27. The lowest BCUT2D eigenvalue weighted by molar-refractivity contribution is 0.327. The summed E-state index contributed by atoms with van der Waals surface area (Å²) in [5, 5.41) is 3.47. The summed E-state index contributed by atoms with van der Waals surface area (Å²) in [4.78, 5) is 8.27. The normalized spacial score (nSPS) is 24.4. The van der Waals surface area contributed by atoms with Crippen molar-refractivity contribution in [1.82, 2.24) is 9.97 Å². The molecule has 4 N–H and O–H groups in total. The molecule has 1 aliphatic carbocycles. The number of rotatable bonds is 4. The molecule has 94 valence electrons. The first kappa shape index (κ1) is 12.1. The van der Waals surface area contributed by atoms with E-state index in [2.05, 4.69) is 27.6 Å². The second-order valence-corrected chi connectivity index (χ2v) is 4.69. The molecule has 17 heavy (non-hydrogen) atoms. The molecule has 2 rings (SSSR count). The second kappa shape index (κ2) is 5.82. The van der Waals surface area contributed by atoms with Gasteiger partial charge in [0.15, 0.2) is 0 Å². The minimum atomic E-state index is 0.456. The van der Waals surface area contributed by atoms with E-state index in [0.717, 1.165) is 11.7 Å². The van der Waals surface area contributed by atoms with Crippen LogP contribution in [-0.4, -0.2) is 16.0 Å². The highest BCUT2D eigenvalue weighted by atomic mass is 15.3. The Bertz CT molecular complexity index is 355. The molecule has 5 nitrogen and oxygen atoms in total. The maximum atomic E-state index is 5.29. The molecule has 0 radical (unpaired) electrons. The standard InChI is InChI=1S/C12H21N5/c1-2-9-4-3-5-10(8-9)15-11-6-7-14-12(16-11)17-13/h6-7,9-10H,2-5,8,13H2,1H3,(H2,14,15,16,17). The van der Waals surface area contributed by atoms with Gasteiger partial charge < -0.3 is 5.32 Å². The van der Waals surface area contributed by atoms with E-state index in [0.29, 0.717) is 12.0 Å². The third-order valence-electron chi connectivity index (χ3n) is 3.50. The van der Waals surface area contributed by atoms with Crippen LogP contribution in [0.4, 0.5) is 11.8 Å². The minimum Gasteiger partial charge on any atom is -0.367 e. The zero-order valence-electron chi connectivity index (χ0n) is 10.3. The fourth-order valence-corrected chi connectivity index (χ4v) is 2.51. The summed E-state index contributed by atoms with van der Waals surface area (Å²) in [6.07, 6.45) is 8.14. The number of nitrogen functional groups attached to an aromatic ring is 1. The zero-order chi connectivity index (χ0) is 12.1. The molecule has 1 aliphatic rings. The molecule has 0 saturated heterocycles. The molecule has 0 aromatic carbocycles. The van der Waals surface area contributed by atoms with Crippen molar-refractivity contribution in [2.75, 3.05) is 10.7 Å². The van der Waals surface area contributed by atoms with Crippen molar-refractivity contribution in [3.05, 3.63) is 12.3 Å². The Labute approximate surface area is 102 Å². The van der Waals surface area contributed by atoms with Crippen molar-refractivity contribution in [2.45, 2.75) is 45.1 Å². The average Bonchev–Trinajstić information content (AvgIpc) is 2.39. The number of hydrazine groups is 1. The fourth-order valence-electron chi connectivity index (χ4n) is 2.51. The van der Waals surface area contributed by atoms with Crippen molar-refractivity contribution in [1.29, 1.82) is 0 Å². The van der Waals surface area contributed by atoms with Crippen LogP contribution in [0.3, 0.4) is 0 Å². The molecule has 1 fully saturated rings. The molecule has 2 unspecified atom stereocenters. The number of nitrogens with one attached hydrogen (secondary N) is 2. The predicted octanol–water partition coefficient (Wildman–Crippen LogP) is 2.14. The first-order valence-electron chi connectivity index (χ1n) is 6.38. The Morgan fingerprint density at radius 2 is 2.35 bits per heavy atom. The molecular formula is C12H21N5. The molecule has 0 bridgehead atoms. The average molecular weight is 235 g/mol. The molecule has 0 aliphatic heterocycles. The molecule has 0 amide bonds. The van der Waals surface area contributed by atoms with Crippen LogP contribution in [-0.2, 0) is 0 Å². The van der Waals surface area contributed by atoms with E-state index in [4.69, 9.17) is 5.84 Å². The first-order chi connectivity index (χ1) is 8.31. The third kappa shape index (κ3) is 3.30. The monoisotopic (exact) mass is 235 g/mol. The van der Waals surface area contributed by atoms with E-state index in [1.807, 2.05) is 6.07 Å². The highest BCUT2D eigenvalue weighted by Gasteiger charge is 2.20. The molecule has 2 atom stereocenters. The summed E-state index contributed by atoms with van der Waals surface area (Å²) in [6, 6.07) is 2.42. The molecule has 1 aromatic rings. The Hall–Kier alpha value is -1.36. The molecule has 1 saturated carbocycles.